The summed E-state index contributed by atoms with van der Waals surface area (Å²) < 4.78 is 5.18. The highest BCUT2D eigenvalue weighted by atomic mass is 32.2. The van der Waals surface area contributed by atoms with Crippen LogP contribution in [0.25, 0.3) is 11.1 Å². The molecule has 0 atom stereocenters. The SMILES string of the molecule is COc1ccc(-c2ccc(Sc3cc(=O)n(O)c(=O)[nH]3)cc2)cc1. The maximum absolute atomic E-state index is 11.4. The summed E-state index contributed by atoms with van der Waals surface area (Å²) in [5, 5.41) is 9.51. The first-order valence-corrected chi connectivity index (χ1v) is 7.86. The molecule has 0 amide bonds. The molecular weight excluding hydrogens is 328 g/mol. The van der Waals surface area contributed by atoms with Gasteiger partial charge in [-0.25, -0.2) is 4.79 Å². The first kappa shape index (κ1) is 15.9. The van der Waals surface area contributed by atoms with Gasteiger partial charge in [-0.05, 0) is 35.4 Å². The van der Waals surface area contributed by atoms with Crippen LogP contribution in [0.5, 0.6) is 5.75 Å². The number of aromatic amines is 1. The highest BCUT2D eigenvalue weighted by molar-refractivity contribution is 7.99. The Kier molecular flexibility index (Phi) is 4.43. The Balaban J connectivity index is 1.81. The molecule has 0 saturated carbocycles. The fourth-order valence-electron chi connectivity index (χ4n) is 2.15. The highest BCUT2D eigenvalue weighted by Gasteiger charge is 2.05. The molecule has 3 aromatic rings. The van der Waals surface area contributed by atoms with E-state index >= 15 is 0 Å². The van der Waals surface area contributed by atoms with Crippen LogP contribution in [-0.4, -0.2) is 22.0 Å². The second kappa shape index (κ2) is 6.67. The molecule has 2 N–H and O–H groups in total. The van der Waals surface area contributed by atoms with Crippen LogP contribution in [0.1, 0.15) is 0 Å². The van der Waals surface area contributed by atoms with Gasteiger partial charge in [-0.15, -0.1) is 0 Å². The topological polar surface area (TPSA) is 84.3 Å². The summed E-state index contributed by atoms with van der Waals surface area (Å²) >= 11 is 1.23. The smallest absolute Gasteiger partial charge is 0.362 e. The Morgan fingerprint density at radius 2 is 1.58 bits per heavy atom. The monoisotopic (exact) mass is 342 g/mol. The van der Waals surface area contributed by atoms with Gasteiger partial charge in [-0.3, -0.25) is 9.78 Å². The van der Waals surface area contributed by atoms with E-state index in [0.717, 1.165) is 21.8 Å². The molecule has 0 radical (unpaired) electrons. The molecule has 0 aliphatic carbocycles. The number of benzene rings is 2. The van der Waals surface area contributed by atoms with Crippen molar-refractivity contribution in [2.75, 3.05) is 7.11 Å². The lowest BCUT2D eigenvalue weighted by molar-refractivity contribution is 0.159. The number of hydrogen-bond donors (Lipinski definition) is 2. The van der Waals surface area contributed by atoms with Crippen molar-refractivity contribution in [3.8, 4) is 16.9 Å². The van der Waals surface area contributed by atoms with E-state index in [2.05, 4.69) is 4.98 Å². The van der Waals surface area contributed by atoms with E-state index in [1.807, 2.05) is 48.5 Å². The molecule has 0 aliphatic heterocycles. The standard InChI is InChI=1S/C17H14N2O4S/c1-23-13-6-2-11(3-7-13)12-4-8-14(9-5-12)24-15-10-16(20)19(22)17(21)18-15/h2-10,22H,1H3,(H,18,21). The second-order valence-electron chi connectivity index (χ2n) is 4.94. The van der Waals surface area contributed by atoms with E-state index in [1.54, 1.807) is 7.11 Å². The number of rotatable bonds is 4. The molecule has 0 bridgehead atoms. The molecule has 0 aliphatic rings. The van der Waals surface area contributed by atoms with Gasteiger partial charge in [-0.1, -0.05) is 40.8 Å². The van der Waals surface area contributed by atoms with Gasteiger partial charge in [0.15, 0.2) is 0 Å². The van der Waals surface area contributed by atoms with Crippen molar-refractivity contribution < 1.29 is 9.94 Å². The Morgan fingerprint density at radius 3 is 2.12 bits per heavy atom. The van der Waals surface area contributed by atoms with E-state index in [0.29, 0.717) is 5.03 Å². The van der Waals surface area contributed by atoms with Crippen LogP contribution in [0, 0.1) is 0 Å². The zero-order valence-corrected chi connectivity index (χ0v) is 13.5. The van der Waals surface area contributed by atoms with Gasteiger partial charge in [0.2, 0.25) is 0 Å². The Hall–Kier alpha value is -2.93. The average Bonchev–Trinajstić information content (AvgIpc) is 2.60. The summed E-state index contributed by atoms with van der Waals surface area (Å²) in [5.41, 5.74) is 0.473. The van der Waals surface area contributed by atoms with Gasteiger partial charge in [-0.2, -0.15) is 0 Å². The minimum atomic E-state index is -0.861. The van der Waals surface area contributed by atoms with E-state index in [4.69, 9.17) is 9.94 Å². The molecule has 3 rings (SSSR count). The summed E-state index contributed by atoms with van der Waals surface area (Å²) in [6, 6.07) is 16.6. The van der Waals surface area contributed by atoms with Crippen LogP contribution in [0.15, 0.2) is 74.1 Å². The van der Waals surface area contributed by atoms with Crippen molar-refractivity contribution in [2.45, 2.75) is 9.92 Å². The summed E-state index contributed by atoms with van der Waals surface area (Å²) in [4.78, 5) is 26.1. The number of ether oxygens (including phenoxy) is 1. The van der Waals surface area contributed by atoms with Crippen molar-refractivity contribution in [3.05, 3.63) is 75.4 Å². The summed E-state index contributed by atoms with van der Waals surface area (Å²) in [6.45, 7) is 0. The van der Waals surface area contributed by atoms with Crippen molar-refractivity contribution in [3.63, 3.8) is 0 Å². The van der Waals surface area contributed by atoms with Crippen LogP contribution in [0.4, 0.5) is 0 Å². The van der Waals surface area contributed by atoms with Crippen molar-refractivity contribution >= 4 is 11.8 Å². The largest absolute Gasteiger partial charge is 0.497 e. The van der Waals surface area contributed by atoms with Crippen LogP contribution < -0.4 is 16.0 Å². The molecule has 24 heavy (non-hydrogen) atoms. The van der Waals surface area contributed by atoms with Crippen LogP contribution in [0.2, 0.25) is 0 Å². The highest BCUT2D eigenvalue weighted by Crippen LogP contribution is 2.28. The Morgan fingerprint density at radius 1 is 1.00 bits per heavy atom. The lowest BCUT2D eigenvalue weighted by atomic mass is 10.1. The van der Waals surface area contributed by atoms with E-state index < -0.39 is 11.2 Å². The normalized spacial score (nSPS) is 10.5. The number of nitrogens with zero attached hydrogens (tertiary/aromatic N) is 1. The van der Waals surface area contributed by atoms with Gasteiger partial charge >= 0.3 is 5.69 Å². The average molecular weight is 342 g/mol. The molecule has 0 saturated heterocycles. The second-order valence-corrected chi connectivity index (χ2v) is 6.06. The van der Waals surface area contributed by atoms with Gasteiger partial charge in [0.1, 0.15) is 5.75 Å². The fourth-order valence-corrected chi connectivity index (χ4v) is 2.97. The maximum Gasteiger partial charge on any atom is 0.362 e. The molecule has 2 aromatic carbocycles. The third-order valence-corrected chi connectivity index (χ3v) is 4.34. The summed E-state index contributed by atoms with van der Waals surface area (Å²) in [5.74, 6) is 0.800. The minimum absolute atomic E-state index is 0.0385. The number of aromatic nitrogens is 2. The number of methoxy groups -OCH3 is 1. The number of nitrogens with one attached hydrogen (secondary N) is 1. The lowest BCUT2D eigenvalue weighted by Crippen LogP contribution is -2.32. The van der Waals surface area contributed by atoms with Crippen LogP contribution in [-0.2, 0) is 0 Å². The molecule has 122 valence electrons. The summed E-state index contributed by atoms with van der Waals surface area (Å²) in [7, 11) is 1.63. The molecular formula is C17H14N2O4S. The predicted octanol–water partition coefficient (Wildman–Crippen LogP) is 2.60. The number of H-pyrrole nitrogens is 1. The Bertz CT molecular complexity index is 928. The zero-order valence-electron chi connectivity index (χ0n) is 12.7. The quantitative estimate of drug-likeness (QED) is 0.562. The molecule has 0 spiro atoms. The third kappa shape index (κ3) is 3.36. The molecule has 6 nitrogen and oxygen atoms in total. The van der Waals surface area contributed by atoms with Crippen molar-refractivity contribution in [1.82, 2.24) is 9.71 Å². The third-order valence-electron chi connectivity index (χ3n) is 3.39. The van der Waals surface area contributed by atoms with Crippen molar-refractivity contribution in [2.24, 2.45) is 0 Å². The summed E-state index contributed by atoms with van der Waals surface area (Å²) in [6.07, 6.45) is 0. The molecule has 0 unspecified atom stereocenters. The predicted molar refractivity (Wildman–Crippen MR) is 91.1 cm³/mol. The van der Waals surface area contributed by atoms with Crippen LogP contribution in [0.3, 0.4) is 0 Å². The minimum Gasteiger partial charge on any atom is -0.497 e. The zero-order chi connectivity index (χ0) is 17.1. The van der Waals surface area contributed by atoms with Crippen LogP contribution >= 0.6 is 11.8 Å². The maximum atomic E-state index is 11.4. The first-order chi connectivity index (χ1) is 11.6. The Labute approximate surface area is 141 Å². The van der Waals surface area contributed by atoms with E-state index in [1.165, 1.54) is 17.8 Å². The van der Waals surface area contributed by atoms with E-state index in [9.17, 15) is 9.59 Å². The lowest BCUT2D eigenvalue weighted by Gasteiger charge is -2.06. The van der Waals surface area contributed by atoms with Gasteiger partial charge < -0.3 is 9.94 Å². The van der Waals surface area contributed by atoms with Gasteiger partial charge in [0.05, 0.1) is 12.1 Å². The molecule has 1 heterocycles. The van der Waals surface area contributed by atoms with Crippen molar-refractivity contribution in [1.29, 1.82) is 0 Å². The van der Waals surface area contributed by atoms with Gasteiger partial charge in [0, 0.05) is 11.0 Å². The first-order valence-electron chi connectivity index (χ1n) is 7.05. The van der Waals surface area contributed by atoms with E-state index in [-0.39, 0.29) is 4.73 Å². The van der Waals surface area contributed by atoms with Gasteiger partial charge in [0.25, 0.3) is 5.56 Å². The fraction of sp³-hybridized carbons (Fsp3) is 0.0588. The molecule has 0 fully saturated rings. The molecule has 1 aromatic heterocycles. The number of hydrogen-bond acceptors (Lipinski definition) is 5. The molecule has 7 heteroatoms.